The molecule has 4 N–H and O–H groups in total. The SMILES string of the molecule is Cc1cc(Cl)ccc1C(O)C(O)CCN. The summed E-state index contributed by atoms with van der Waals surface area (Å²) < 4.78 is 0. The lowest BCUT2D eigenvalue weighted by atomic mass is 9.98. The van der Waals surface area contributed by atoms with Crippen LogP contribution in [0, 0.1) is 6.92 Å². The Kier molecular flexibility index (Phi) is 4.54. The van der Waals surface area contributed by atoms with Gasteiger partial charge in [-0.15, -0.1) is 0 Å². The number of halogens is 1. The number of hydrogen-bond donors (Lipinski definition) is 3. The number of rotatable bonds is 4. The van der Waals surface area contributed by atoms with E-state index in [1.165, 1.54) is 0 Å². The monoisotopic (exact) mass is 229 g/mol. The fourth-order valence-electron chi connectivity index (χ4n) is 1.51. The molecule has 1 rings (SSSR count). The van der Waals surface area contributed by atoms with Gasteiger partial charge in [0.05, 0.1) is 6.10 Å². The van der Waals surface area contributed by atoms with Gasteiger partial charge in [-0.2, -0.15) is 0 Å². The van der Waals surface area contributed by atoms with Gasteiger partial charge in [-0.25, -0.2) is 0 Å². The fraction of sp³-hybridized carbons (Fsp3) is 0.455. The molecule has 3 nitrogen and oxygen atoms in total. The molecular weight excluding hydrogens is 214 g/mol. The van der Waals surface area contributed by atoms with Crippen LogP contribution in [0.3, 0.4) is 0 Å². The lowest BCUT2D eigenvalue weighted by Gasteiger charge is -2.19. The Hall–Kier alpha value is -0.610. The van der Waals surface area contributed by atoms with Crippen molar-refractivity contribution >= 4 is 11.6 Å². The van der Waals surface area contributed by atoms with E-state index in [2.05, 4.69) is 0 Å². The third-order valence-electron chi connectivity index (χ3n) is 2.38. The van der Waals surface area contributed by atoms with Crippen molar-refractivity contribution in [1.29, 1.82) is 0 Å². The maximum atomic E-state index is 9.84. The predicted octanol–water partition coefficient (Wildman–Crippen LogP) is 1.39. The standard InChI is InChI=1S/C11H16ClNO2/c1-7-6-8(12)2-3-9(7)11(15)10(14)4-5-13/h2-3,6,10-11,14-15H,4-5,13H2,1H3. The molecule has 0 aliphatic rings. The summed E-state index contributed by atoms with van der Waals surface area (Å²) in [6, 6.07) is 5.18. The zero-order valence-corrected chi connectivity index (χ0v) is 9.41. The fourth-order valence-corrected chi connectivity index (χ4v) is 1.73. The normalized spacial score (nSPS) is 15.0. The summed E-state index contributed by atoms with van der Waals surface area (Å²) in [6.45, 7) is 2.20. The molecule has 4 heteroatoms. The van der Waals surface area contributed by atoms with Gasteiger partial charge in [0, 0.05) is 5.02 Å². The van der Waals surface area contributed by atoms with Gasteiger partial charge in [0.2, 0.25) is 0 Å². The first kappa shape index (κ1) is 12.5. The molecule has 0 aliphatic carbocycles. The van der Waals surface area contributed by atoms with Crippen molar-refractivity contribution in [2.24, 2.45) is 5.73 Å². The molecule has 0 aromatic heterocycles. The molecule has 0 fully saturated rings. The van der Waals surface area contributed by atoms with E-state index >= 15 is 0 Å². The van der Waals surface area contributed by atoms with Crippen LogP contribution in [0.15, 0.2) is 18.2 Å². The average Bonchev–Trinajstić information content (AvgIpc) is 2.17. The summed E-state index contributed by atoms with van der Waals surface area (Å²) in [4.78, 5) is 0. The number of nitrogens with two attached hydrogens (primary N) is 1. The van der Waals surface area contributed by atoms with Gasteiger partial charge >= 0.3 is 0 Å². The third kappa shape index (κ3) is 3.18. The van der Waals surface area contributed by atoms with E-state index in [4.69, 9.17) is 17.3 Å². The van der Waals surface area contributed by atoms with Gasteiger partial charge in [-0.05, 0) is 43.1 Å². The van der Waals surface area contributed by atoms with E-state index in [0.29, 0.717) is 23.6 Å². The van der Waals surface area contributed by atoms with Crippen LogP contribution in [0.1, 0.15) is 23.7 Å². The zero-order valence-electron chi connectivity index (χ0n) is 8.65. The van der Waals surface area contributed by atoms with Crippen molar-refractivity contribution in [3.8, 4) is 0 Å². The first-order chi connectivity index (χ1) is 7.06. The summed E-state index contributed by atoms with van der Waals surface area (Å²) in [5.41, 5.74) is 6.88. The van der Waals surface area contributed by atoms with Crippen LogP contribution < -0.4 is 5.73 Å². The molecule has 0 aliphatic heterocycles. The van der Waals surface area contributed by atoms with Crippen molar-refractivity contribution < 1.29 is 10.2 Å². The topological polar surface area (TPSA) is 66.5 Å². The summed E-state index contributed by atoms with van der Waals surface area (Å²) in [5.74, 6) is 0. The smallest absolute Gasteiger partial charge is 0.105 e. The molecule has 1 aromatic rings. The van der Waals surface area contributed by atoms with Crippen molar-refractivity contribution in [2.45, 2.75) is 25.6 Å². The van der Waals surface area contributed by atoms with Crippen LogP contribution in [0.5, 0.6) is 0 Å². The van der Waals surface area contributed by atoms with Crippen LogP contribution >= 0.6 is 11.6 Å². The highest BCUT2D eigenvalue weighted by Crippen LogP contribution is 2.24. The van der Waals surface area contributed by atoms with E-state index in [-0.39, 0.29) is 0 Å². The Morgan fingerprint density at radius 2 is 2.07 bits per heavy atom. The number of hydrogen-bond acceptors (Lipinski definition) is 3. The Morgan fingerprint density at radius 3 is 2.60 bits per heavy atom. The molecule has 84 valence electrons. The van der Waals surface area contributed by atoms with Crippen LogP contribution in [-0.2, 0) is 0 Å². The van der Waals surface area contributed by atoms with E-state index in [0.717, 1.165) is 5.56 Å². The van der Waals surface area contributed by atoms with Gasteiger partial charge in [0.15, 0.2) is 0 Å². The minimum atomic E-state index is -0.897. The van der Waals surface area contributed by atoms with Gasteiger partial charge in [0.25, 0.3) is 0 Å². The molecule has 0 amide bonds. The second-order valence-electron chi connectivity index (χ2n) is 3.59. The molecule has 2 atom stereocenters. The Bertz CT molecular complexity index is 330. The maximum absolute atomic E-state index is 9.84. The summed E-state index contributed by atoms with van der Waals surface area (Å²) in [5, 5.41) is 20.1. The third-order valence-corrected chi connectivity index (χ3v) is 2.61. The highest BCUT2D eigenvalue weighted by atomic mass is 35.5. The van der Waals surface area contributed by atoms with E-state index in [1.807, 2.05) is 6.92 Å². The predicted molar refractivity (Wildman–Crippen MR) is 60.8 cm³/mol. The van der Waals surface area contributed by atoms with Crippen LogP contribution in [0.4, 0.5) is 0 Å². The van der Waals surface area contributed by atoms with E-state index in [9.17, 15) is 10.2 Å². The van der Waals surface area contributed by atoms with Crippen molar-refractivity contribution in [1.82, 2.24) is 0 Å². The highest BCUT2D eigenvalue weighted by molar-refractivity contribution is 6.30. The van der Waals surface area contributed by atoms with Crippen LogP contribution in [0.25, 0.3) is 0 Å². The molecule has 0 spiro atoms. The second-order valence-corrected chi connectivity index (χ2v) is 4.03. The maximum Gasteiger partial charge on any atom is 0.105 e. The van der Waals surface area contributed by atoms with Crippen molar-refractivity contribution in [2.75, 3.05) is 6.54 Å². The van der Waals surface area contributed by atoms with Gasteiger partial charge in [-0.1, -0.05) is 17.7 Å². The first-order valence-electron chi connectivity index (χ1n) is 4.88. The minimum Gasteiger partial charge on any atom is -0.390 e. The lowest BCUT2D eigenvalue weighted by molar-refractivity contribution is 0.0146. The zero-order chi connectivity index (χ0) is 11.4. The lowest BCUT2D eigenvalue weighted by Crippen LogP contribution is -2.22. The highest BCUT2D eigenvalue weighted by Gasteiger charge is 2.19. The van der Waals surface area contributed by atoms with Gasteiger partial charge < -0.3 is 15.9 Å². The molecule has 2 unspecified atom stereocenters. The second kappa shape index (κ2) is 5.47. The molecule has 0 heterocycles. The Balaban J connectivity index is 2.86. The van der Waals surface area contributed by atoms with Crippen molar-refractivity contribution in [3.05, 3.63) is 34.3 Å². The molecule has 0 saturated heterocycles. The van der Waals surface area contributed by atoms with Gasteiger partial charge in [0.1, 0.15) is 6.10 Å². The Morgan fingerprint density at radius 1 is 1.40 bits per heavy atom. The number of benzene rings is 1. The Labute approximate surface area is 94.5 Å². The molecule has 0 bridgehead atoms. The molecule has 1 aromatic carbocycles. The average molecular weight is 230 g/mol. The quantitative estimate of drug-likeness (QED) is 0.731. The largest absolute Gasteiger partial charge is 0.390 e. The van der Waals surface area contributed by atoms with Crippen LogP contribution in [0.2, 0.25) is 5.02 Å². The minimum absolute atomic E-state index is 0.352. The number of aliphatic hydroxyl groups is 2. The van der Waals surface area contributed by atoms with Crippen molar-refractivity contribution in [3.63, 3.8) is 0 Å². The number of aryl methyl sites for hydroxylation is 1. The summed E-state index contributed by atoms with van der Waals surface area (Å²) in [7, 11) is 0. The summed E-state index contributed by atoms with van der Waals surface area (Å²) >= 11 is 5.80. The molecule has 15 heavy (non-hydrogen) atoms. The number of aliphatic hydroxyl groups excluding tert-OH is 2. The van der Waals surface area contributed by atoms with Gasteiger partial charge in [-0.3, -0.25) is 0 Å². The summed E-state index contributed by atoms with van der Waals surface area (Å²) in [6.07, 6.45) is -1.34. The molecule has 0 saturated carbocycles. The first-order valence-corrected chi connectivity index (χ1v) is 5.26. The van der Waals surface area contributed by atoms with E-state index < -0.39 is 12.2 Å². The van der Waals surface area contributed by atoms with Crippen LogP contribution in [-0.4, -0.2) is 22.9 Å². The molecular formula is C11H16ClNO2. The molecule has 0 radical (unpaired) electrons. The van der Waals surface area contributed by atoms with E-state index in [1.54, 1.807) is 18.2 Å².